The number of benzene rings is 1. The van der Waals surface area contributed by atoms with Gasteiger partial charge in [0, 0.05) is 22.0 Å². The van der Waals surface area contributed by atoms with Gasteiger partial charge in [0.25, 0.3) is 0 Å². The van der Waals surface area contributed by atoms with E-state index in [2.05, 4.69) is 90.9 Å². The Hall–Kier alpha value is -0.250. The fraction of sp³-hybridized carbons (Fsp3) is 0.250. The van der Waals surface area contributed by atoms with Gasteiger partial charge in [-0.25, -0.2) is 4.98 Å². The first-order valence-corrected chi connectivity index (χ1v) is 9.22. The van der Waals surface area contributed by atoms with Crippen LogP contribution < -0.4 is 16.4 Å². The van der Waals surface area contributed by atoms with Crippen LogP contribution in [0.3, 0.4) is 0 Å². The number of nitrogens with two attached hydrogens (primary N) is 1. The summed E-state index contributed by atoms with van der Waals surface area (Å²) in [6, 6.07) is 0. The molecule has 2 aromatic rings. The second kappa shape index (κ2) is 7.34. The minimum atomic E-state index is 0.487. The maximum Gasteiger partial charge on any atom is 0.201 e. The van der Waals surface area contributed by atoms with Gasteiger partial charge < -0.3 is 21.4 Å². The molecular formula is C12H13Br4N5. The van der Waals surface area contributed by atoms with Crippen molar-refractivity contribution in [3.8, 4) is 0 Å². The van der Waals surface area contributed by atoms with Crippen LogP contribution >= 0.6 is 63.7 Å². The number of H-pyrrole nitrogens is 1. The molecule has 2 rings (SSSR count). The van der Waals surface area contributed by atoms with Gasteiger partial charge >= 0.3 is 0 Å². The SMILES string of the molecule is C=C(N)NCCCNc1nc2c(Br)c(Br)c(Br)c(Br)c2[nH]1. The van der Waals surface area contributed by atoms with E-state index >= 15 is 0 Å². The summed E-state index contributed by atoms with van der Waals surface area (Å²) >= 11 is 14.2. The summed E-state index contributed by atoms with van der Waals surface area (Å²) in [5, 5.41) is 6.23. The number of rotatable bonds is 6. The molecule has 0 radical (unpaired) electrons. The first-order valence-electron chi connectivity index (χ1n) is 6.05. The molecule has 1 aromatic carbocycles. The number of hydrogen-bond donors (Lipinski definition) is 4. The molecule has 5 nitrogen and oxygen atoms in total. The molecule has 0 unspecified atom stereocenters. The van der Waals surface area contributed by atoms with Crippen LogP contribution in [0.1, 0.15) is 6.42 Å². The van der Waals surface area contributed by atoms with Crippen molar-refractivity contribution in [3.63, 3.8) is 0 Å². The lowest BCUT2D eigenvalue weighted by molar-refractivity contribution is 0.740. The molecule has 0 bridgehead atoms. The molecule has 0 saturated heterocycles. The normalized spacial score (nSPS) is 10.9. The van der Waals surface area contributed by atoms with E-state index in [4.69, 9.17) is 5.73 Å². The van der Waals surface area contributed by atoms with E-state index in [1.165, 1.54) is 0 Å². The molecule has 0 fully saturated rings. The highest BCUT2D eigenvalue weighted by Crippen LogP contribution is 2.42. The largest absolute Gasteiger partial charge is 0.386 e. The molecular weight excluding hydrogens is 534 g/mol. The molecule has 1 aromatic heterocycles. The first kappa shape index (κ1) is 17.1. The standard InChI is InChI=1S/C12H13Br4N5/c1-5(17)18-3-2-4-19-12-20-10-8(15)6(13)7(14)9(16)11(10)21-12/h18H,1-4,17H2,(H2,19,20,21). The number of hydrogen-bond acceptors (Lipinski definition) is 4. The Labute approximate surface area is 156 Å². The maximum atomic E-state index is 5.43. The average Bonchev–Trinajstić information content (AvgIpc) is 2.86. The number of imidazole rings is 1. The van der Waals surface area contributed by atoms with Crippen LogP contribution in [0.15, 0.2) is 30.3 Å². The Bertz CT molecular complexity index is 637. The van der Waals surface area contributed by atoms with Gasteiger partial charge in [0.1, 0.15) is 5.52 Å². The van der Waals surface area contributed by atoms with Crippen molar-refractivity contribution in [1.82, 2.24) is 15.3 Å². The number of halogens is 4. The molecule has 9 heteroatoms. The highest BCUT2D eigenvalue weighted by Gasteiger charge is 2.17. The van der Waals surface area contributed by atoms with E-state index in [9.17, 15) is 0 Å². The van der Waals surface area contributed by atoms with E-state index in [1.807, 2.05) is 0 Å². The van der Waals surface area contributed by atoms with E-state index in [0.29, 0.717) is 5.82 Å². The van der Waals surface area contributed by atoms with Gasteiger partial charge in [0.05, 0.1) is 20.3 Å². The Morgan fingerprint density at radius 2 is 1.76 bits per heavy atom. The zero-order valence-corrected chi connectivity index (χ0v) is 17.2. The molecule has 0 saturated carbocycles. The summed E-state index contributed by atoms with van der Waals surface area (Å²) in [5.74, 6) is 1.21. The van der Waals surface area contributed by atoms with Gasteiger partial charge in [0.2, 0.25) is 5.95 Å². The van der Waals surface area contributed by atoms with Crippen LogP contribution in [0.25, 0.3) is 11.0 Å². The molecule has 21 heavy (non-hydrogen) atoms. The van der Waals surface area contributed by atoms with Gasteiger partial charge in [-0.15, -0.1) is 0 Å². The van der Waals surface area contributed by atoms with E-state index in [-0.39, 0.29) is 0 Å². The van der Waals surface area contributed by atoms with Crippen molar-refractivity contribution in [2.45, 2.75) is 6.42 Å². The molecule has 0 aliphatic carbocycles. The second-order valence-corrected chi connectivity index (χ2v) is 7.47. The van der Waals surface area contributed by atoms with Gasteiger partial charge in [-0.2, -0.15) is 0 Å². The summed E-state index contributed by atoms with van der Waals surface area (Å²) in [5.41, 5.74) is 7.21. The molecule has 5 N–H and O–H groups in total. The Morgan fingerprint density at radius 1 is 1.10 bits per heavy atom. The van der Waals surface area contributed by atoms with Crippen LogP contribution in [0, 0.1) is 0 Å². The molecule has 0 aliphatic heterocycles. The number of nitrogens with zero attached hydrogens (tertiary/aromatic N) is 1. The number of anilines is 1. The number of aromatic amines is 1. The molecule has 0 amide bonds. The van der Waals surface area contributed by atoms with E-state index < -0.39 is 0 Å². The monoisotopic (exact) mass is 543 g/mol. The van der Waals surface area contributed by atoms with Gasteiger partial charge in [0.15, 0.2) is 0 Å². The first-order chi connectivity index (χ1) is 9.91. The average molecular weight is 547 g/mol. The van der Waals surface area contributed by atoms with E-state index in [1.54, 1.807) is 0 Å². The quantitative estimate of drug-likeness (QED) is 0.246. The topological polar surface area (TPSA) is 78.8 Å². The summed E-state index contributed by atoms with van der Waals surface area (Å²) < 4.78 is 3.68. The lowest BCUT2D eigenvalue weighted by atomic mass is 10.3. The number of nitrogens with one attached hydrogen (secondary N) is 3. The summed E-state index contributed by atoms with van der Waals surface area (Å²) in [6.45, 7) is 5.13. The van der Waals surface area contributed by atoms with Crippen molar-refractivity contribution >= 4 is 80.7 Å². The molecule has 1 heterocycles. The molecule has 0 aliphatic rings. The third kappa shape index (κ3) is 3.94. The number of aromatic nitrogens is 2. The lowest BCUT2D eigenvalue weighted by Gasteiger charge is -2.05. The smallest absolute Gasteiger partial charge is 0.201 e. The minimum absolute atomic E-state index is 0.487. The Balaban J connectivity index is 2.11. The van der Waals surface area contributed by atoms with Gasteiger partial charge in [-0.1, -0.05) is 6.58 Å². The summed E-state index contributed by atoms with van der Waals surface area (Å²) in [4.78, 5) is 7.81. The second-order valence-electron chi connectivity index (χ2n) is 4.30. The zero-order chi connectivity index (χ0) is 15.6. The van der Waals surface area contributed by atoms with E-state index in [0.717, 1.165) is 54.4 Å². The van der Waals surface area contributed by atoms with Gasteiger partial charge in [-0.05, 0) is 70.1 Å². The van der Waals surface area contributed by atoms with Crippen LogP contribution in [-0.2, 0) is 0 Å². The maximum absolute atomic E-state index is 5.43. The fourth-order valence-corrected chi connectivity index (χ4v) is 4.01. The molecule has 0 atom stereocenters. The zero-order valence-electron chi connectivity index (χ0n) is 10.9. The van der Waals surface area contributed by atoms with Crippen molar-refractivity contribution in [2.75, 3.05) is 18.4 Å². The van der Waals surface area contributed by atoms with Crippen LogP contribution in [0.5, 0.6) is 0 Å². The fourth-order valence-electron chi connectivity index (χ4n) is 1.73. The summed E-state index contributed by atoms with van der Waals surface area (Å²) in [7, 11) is 0. The third-order valence-electron chi connectivity index (χ3n) is 2.71. The third-order valence-corrected chi connectivity index (χ3v) is 7.45. The molecule has 114 valence electrons. The van der Waals surface area contributed by atoms with Crippen LogP contribution in [0.4, 0.5) is 5.95 Å². The summed E-state index contributed by atoms with van der Waals surface area (Å²) in [6.07, 6.45) is 0.906. The Kier molecular flexibility index (Phi) is 5.98. The van der Waals surface area contributed by atoms with Crippen molar-refractivity contribution < 1.29 is 0 Å². The highest BCUT2D eigenvalue weighted by atomic mass is 79.9. The molecule has 0 spiro atoms. The van der Waals surface area contributed by atoms with Gasteiger partial charge in [-0.3, -0.25) is 0 Å². The van der Waals surface area contributed by atoms with Crippen molar-refractivity contribution in [3.05, 3.63) is 30.3 Å². The lowest BCUT2D eigenvalue weighted by Crippen LogP contribution is -2.21. The van der Waals surface area contributed by atoms with Crippen LogP contribution in [0.2, 0.25) is 0 Å². The van der Waals surface area contributed by atoms with Crippen LogP contribution in [-0.4, -0.2) is 23.1 Å². The Morgan fingerprint density at radius 3 is 2.43 bits per heavy atom. The van der Waals surface area contributed by atoms with Crippen molar-refractivity contribution in [2.24, 2.45) is 5.73 Å². The minimum Gasteiger partial charge on any atom is -0.386 e. The highest BCUT2D eigenvalue weighted by molar-refractivity contribution is 9.15. The van der Waals surface area contributed by atoms with Crippen molar-refractivity contribution in [1.29, 1.82) is 0 Å². The number of fused-ring (bicyclic) bond motifs is 1. The predicted molar refractivity (Wildman–Crippen MR) is 101 cm³/mol. The predicted octanol–water partition coefficient (Wildman–Crippen LogP) is 4.43.